The topological polar surface area (TPSA) is 78.5 Å². The molecule has 0 saturated heterocycles. The zero-order valence-electron chi connectivity index (χ0n) is 13.7. The maximum Gasteiger partial charge on any atom is 0.142 e. The van der Waals surface area contributed by atoms with Gasteiger partial charge in [0.1, 0.15) is 17.5 Å². The van der Waals surface area contributed by atoms with E-state index in [9.17, 15) is 5.26 Å². The van der Waals surface area contributed by atoms with E-state index < -0.39 is 0 Å². The van der Waals surface area contributed by atoms with E-state index in [1.165, 1.54) is 0 Å². The number of nitriles is 1. The SMILES string of the molecule is Cc1cccc(-c2cc(-c3c[nH]c4ccccc34)c(C#N)c(N)n2)c1. The Labute approximate surface area is 145 Å². The van der Waals surface area contributed by atoms with Crippen molar-refractivity contribution in [1.29, 1.82) is 5.26 Å². The minimum Gasteiger partial charge on any atom is -0.383 e. The van der Waals surface area contributed by atoms with E-state index in [-0.39, 0.29) is 5.82 Å². The molecule has 0 fully saturated rings. The first-order valence-electron chi connectivity index (χ1n) is 8.01. The summed E-state index contributed by atoms with van der Waals surface area (Å²) in [6, 6.07) is 20.2. The van der Waals surface area contributed by atoms with E-state index in [0.29, 0.717) is 5.56 Å². The Kier molecular flexibility index (Phi) is 3.48. The van der Waals surface area contributed by atoms with Crippen LogP contribution in [0.3, 0.4) is 0 Å². The minimum atomic E-state index is 0.252. The first-order chi connectivity index (χ1) is 12.2. The summed E-state index contributed by atoms with van der Waals surface area (Å²) in [7, 11) is 0. The Morgan fingerprint density at radius 3 is 2.68 bits per heavy atom. The molecule has 25 heavy (non-hydrogen) atoms. The number of nitrogen functional groups attached to an aromatic ring is 1. The lowest BCUT2D eigenvalue weighted by Gasteiger charge is -2.10. The van der Waals surface area contributed by atoms with Gasteiger partial charge >= 0.3 is 0 Å². The van der Waals surface area contributed by atoms with Gasteiger partial charge in [-0.05, 0) is 25.1 Å². The van der Waals surface area contributed by atoms with Crippen LogP contribution >= 0.6 is 0 Å². The summed E-state index contributed by atoms with van der Waals surface area (Å²) in [5.41, 5.74) is 12.2. The number of rotatable bonds is 2. The number of hydrogen-bond donors (Lipinski definition) is 2. The van der Waals surface area contributed by atoms with Gasteiger partial charge in [0.05, 0.1) is 5.69 Å². The van der Waals surface area contributed by atoms with Crippen molar-refractivity contribution in [2.75, 3.05) is 5.73 Å². The van der Waals surface area contributed by atoms with Crippen molar-refractivity contribution in [3.63, 3.8) is 0 Å². The zero-order chi connectivity index (χ0) is 17.4. The number of H-pyrrole nitrogens is 1. The molecule has 4 aromatic rings. The molecule has 120 valence electrons. The van der Waals surface area contributed by atoms with E-state index in [1.807, 2.05) is 61.7 Å². The van der Waals surface area contributed by atoms with Crippen molar-refractivity contribution in [2.45, 2.75) is 6.92 Å². The summed E-state index contributed by atoms with van der Waals surface area (Å²) >= 11 is 0. The third-order valence-corrected chi connectivity index (χ3v) is 4.35. The van der Waals surface area contributed by atoms with Gasteiger partial charge < -0.3 is 10.7 Å². The number of para-hydroxylation sites is 1. The lowest BCUT2D eigenvalue weighted by Crippen LogP contribution is -1.99. The lowest BCUT2D eigenvalue weighted by molar-refractivity contribution is 1.30. The van der Waals surface area contributed by atoms with Crippen molar-refractivity contribution < 1.29 is 0 Å². The van der Waals surface area contributed by atoms with Crippen molar-refractivity contribution in [2.24, 2.45) is 0 Å². The van der Waals surface area contributed by atoms with Gasteiger partial charge in [-0.15, -0.1) is 0 Å². The summed E-state index contributed by atoms with van der Waals surface area (Å²) in [5.74, 6) is 0.252. The molecule has 0 aliphatic heterocycles. The van der Waals surface area contributed by atoms with Crippen LogP contribution in [0.4, 0.5) is 5.82 Å². The number of nitrogens with zero attached hydrogens (tertiary/aromatic N) is 2. The number of aromatic nitrogens is 2. The monoisotopic (exact) mass is 324 g/mol. The molecule has 0 spiro atoms. The van der Waals surface area contributed by atoms with E-state index >= 15 is 0 Å². The molecule has 0 radical (unpaired) electrons. The van der Waals surface area contributed by atoms with Crippen LogP contribution in [0.1, 0.15) is 11.1 Å². The number of aryl methyl sites for hydroxylation is 1. The van der Waals surface area contributed by atoms with Crippen LogP contribution in [0.5, 0.6) is 0 Å². The van der Waals surface area contributed by atoms with Gasteiger partial charge in [-0.1, -0.05) is 42.0 Å². The standard InChI is InChI=1S/C21H16N4/c1-13-5-4-6-14(9-13)20-10-16(17(11-22)21(23)25-20)18-12-24-19-8-3-2-7-15(18)19/h2-10,12,24H,1H3,(H2,23,25). The number of aromatic amines is 1. The maximum absolute atomic E-state index is 9.60. The van der Waals surface area contributed by atoms with Crippen molar-refractivity contribution in [1.82, 2.24) is 9.97 Å². The number of pyridine rings is 1. The molecule has 2 aromatic heterocycles. The maximum atomic E-state index is 9.60. The molecular formula is C21H16N4. The predicted molar refractivity (Wildman–Crippen MR) is 101 cm³/mol. The molecule has 0 amide bonds. The number of fused-ring (bicyclic) bond motifs is 1. The third-order valence-electron chi connectivity index (χ3n) is 4.35. The highest BCUT2D eigenvalue weighted by atomic mass is 14.8. The Morgan fingerprint density at radius 1 is 1.04 bits per heavy atom. The van der Waals surface area contributed by atoms with E-state index in [4.69, 9.17) is 5.73 Å². The number of anilines is 1. The van der Waals surface area contributed by atoms with Crippen LogP contribution in [0.25, 0.3) is 33.3 Å². The Bertz CT molecular complexity index is 1130. The Hall–Kier alpha value is -3.58. The van der Waals surface area contributed by atoms with E-state index in [0.717, 1.165) is 38.9 Å². The molecule has 0 aliphatic carbocycles. The molecule has 4 rings (SSSR count). The van der Waals surface area contributed by atoms with Gasteiger partial charge in [0.25, 0.3) is 0 Å². The highest BCUT2D eigenvalue weighted by Gasteiger charge is 2.16. The van der Waals surface area contributed by atoms with E-state index in [2.05, 4.69) is 22.1 Å². The highest BCUT2D eigenvalue weighted by Crippen LogP contribution is 2.35. The zero-order valence-corrected chi connectivity index (χ0v) is 13.7. The van der Waals surface area contributed by atoms with Gasteiger partial charge in [-0.25, -0.2) is 4.98 Å². The lowest BCUT2D eigenvalue weighted by atomic mass is 9.97. The highest BCUT2D eigenvalue weighted by molar-refractivity contribution is 5.98. The molecule has 0 saturated carbocycles. The number of nitrogens with two attached hydrogens (primary N) is 1. The molecule has 4 heteroatoms. The number of benzene rings is 2. The van der Waals surface area contributed by atoms with Gasteiger partial charge in [-0.2, -0.15) is 5.26 Å². The largest absolute Gasteiger partial charge is 0.383 e. The molecule has 2 heterocycles. The van der Waals surface area contributed by atoms with Gasteiger partial charge in [0, 0.05) is 33.8 Å². The smallest absolute Gasteiger partial charge is 0.142 e. The average molecular weight is 324 g/mol. The fourth-order valence-corrected chi connectivity index (χ4v) is 3.14. The summed E-state index contributed by atoms with van der Waals surface area (Å²) < 4.78 is 0. The van der Waals surface area contributed by atoms with Crippen LogP contribution in [-0.4, -0.2) is 9.97 Å². The second kappa shape index (κ2) is 5.81. The fourth-order valence-electron chi connectivity index (χ4n) is 3.14. The van der Waals surface area contributed by atoms with Gasteiger partial charge in [0.15, 0.2) is 0 Å². The van der Waals surface area contributed by atoms with Crippen molar-refractivity contribution in [3.05, 3.63) is 71.9 Å². The normalized spacial score (nSPS) is 10.7. The molecule has 0 unspecified atom stereocenters. The second-order valence-electron chi connectivity index (χ2n) is 6.04. The summed E-state index contributed by atoms with van der Waals surface area (Å²) in [6.45, 7) is 2.04. The van der Waals surface area contributed by atoms with Gasteiger partial charge in [-0.3, -0.25) is 0 Å². The van der Waals surface area contributed by atoms with Crippen LogP contribution in [0, 0.1) is 18.3 Å². The number of nitrogens with one attached hydrogen (secondary N) is 1. The molecule has 0 aliphatic rings. The number of hydrogen-bond acceptors (Lipinski definition) is 3. The average Bonchev–Trinajstić information content (AvgIpc) is 3.05. The Balaban J connectivity index is 2.00. The quantitative estimate of drug-likeness (QED) is 0.563. The summed E-state index contributed by atoms with van der Waals surface area (Å²) in [4.78, 5) is 7.71. The molecule has 2 aromatic carbocycles. The predicted octanol–water partition coefficient (Wildman–Crippen LogP) is 4.66. The van der Waals surface area contributed by atoms with Crippen LogP contribution in [0.2, 0.25) is 0 Å². The molecule has 4 nitrogen and oxygen atoms in total. The first-order valence-corrected chi connectivity index (χ1v) is 8.01. The first kappa shape index (κ1) is 15.0. The molecule has 0 atom stereocenters. The van der Waals surface area contributed by atoms with Gasteiger partial charge in [0.2, 0.25) is 0 Å². The minimum absolute atomic E-state index is 0.252. The van der Waals surface area contributed by atoms with Crippen molar-refractivity contribution in [3.8, 4) is 28.5 Å². The molecular weight excluding hydrogens is 308 g/mol. The van der Waals surface area contributed by atoms with E-state index in [1.54, 1.807) is 0 Å². The van der Waals surface area contributed by atoms with Crippen LogP contribution < -0.4 is 5.73 Å². The summed E-state index contributed by atoms with van der Waals surface area (Å²) in [6.07, 6.45) is 1.92. The van der Waals surface area contributed by atoms with Crippen LogP contribution in [-0.2, 0) is 0 Å². The Morgan fingerprint density at radius 2 is 1.88 bits per heavy atom. The van der Waals surface area contributed by atoms with Crippen LogP contribution in [0.15, 0.2) is 60.8 Å². The molecule has 3 N–H and O–H groups in total. The fraction of sp³-hybridized carbons (Fsp3) is 0.0476. The molecule has 0 bridgehead atoms. The van der Waals surface area contributed by atoms with Crippen molar-refractivity contribution >= 4 is 16.7 Å². The third kappa shape index (κ3) is 2.52. The summed E-state index contributed by atoms with van der Waals surface area (Å²) in [5, 5.41) is 10.7. The second-order valence-corrected chi connectivity index (χ2v) is 6.04.